The molecule has 0 bridgehead atoms. The first kappa shape index (κ1) is 22.5. The van der Waals surface area contributed by atoms with E-state index in [4.69, 9.17) is 0 Å². The summed E-state index contributed by atoms with van der Waals surface area (Å²) < 4.78 is 44.4. The monoisotopic (exact) mass is 448 g/mol. The summed E-state index contributed by atoms with van der Waals surface area (Å²) in [5.74, 6) is -0.611. The van der Waals surface area contributed by atoms with E-state index in [2.05, 4.69) is 15.5 Å². The number of urea groups is 1. The number of carbonyl (C=O) groups excluding carboxylic acids is 1. The van der Waals surface area contributed by atoms with E-state index in [-0.39, 0.29) is 17.0 Å². The lowest BCUT2D eigenvalue weighted by Crippen LogP contribution is -2.35. The SMILES string of the molecule is CC(C)c1cc(F)cc(-c2cnn(C)c2)c1NC(=O)NS(=O)(=O)c1ccn(C(C)C)n1. The van der Waals surface area contributed by atoms with Crippen LogP contribution in [0.2, 0.25) is 0 Å². The molecule has 0 aliphatic carbocycles. The number of halogens is 1. The van der Waals surface area contributed by atoms with Crippen LogP contribution >= 0.6 is 0 Å². The third kappa shape index (κ3) is 4.93. The molecule has 0 spiro atoms. The van der Waals surface area contributed by atoms with Crippen LogP contribution in [0, 0.1) is 5.82 Å². The molecule has 31 heavy (non-hydrogen) atoms. The maximum absolute atomic E-state index is 14.3. The Morgan fingerprint density at radius 3 is 2.45 bits per heavy atom. The molecule has 2 N–H and O–H groups in total. The van der Waals surface area contributed by atoms with Crippen LogP contribution in [0.4, 0.5) is 14.9 Å². The molecule has 0 atom stereocenters. The van der Waals surface area contributed by atoms with E-state index in [9.17, 15) is 17.6 Å². The van der Waals surface area contributed by atoms with E-state index >= 15 is 0 Å². The number of amides is 2. The summed E-state index contributed by atoms with van der Waals surface area (Å²) in [6.07, 6.45) is 4.74. The van der Waals surface area contributed by atoms with Gasteiger partial charge in [0.15, 0.2) is 5.03 Å². The summed E-state index contributed by atoms with van der Waals surface area (Å²) in [5, 5.41) is 10.4. The van der Waals surface area contributed by atoms with Gasteiger partial charge >= 0.3 is 6.03 Å². The Morgan fingerprint density at radius 1 is 1.19 bits per heavy atom. The molecule has 2 amide bonds. The van der Waals surface area contributed by atoms with Crippen LogP contribution in [0.15, 0.2) is 41.8 Å². The van der Waals surface area contributed by atoms with Gasteiger partial charge in [-0.1, -0.05) is 13.8 Å². The molecule has 11 heteroatoms. The Hall–Kier alpha value is -3.21. The number of benzene rings is 1. The smallest absolute Gasteiger partial charge is 0.306 e. The average Bonchev–Trinajstić information content (AvgIpc) is 3.32. The van der Waals surface area contributed by atoms with Gasteiger partial charge in [-0.3, -0.25) is 9.36 Å². The molecule has 3 aromatic rings. The number of carbonyl (C=O) groups is 1. The minimum atomic E-state index is -4.19. The van der Waals surface area contributed by atoms with Gasteiger partial charge in [0.05, 0.1) is 11.9 Å². The average molecular weight is 449 g/mol. The van der Waals surface area contributed by atoms with Crippen molar-refractivity contribution in [2.75, 3.05) is 5.32 Å². The number of aromatic nitrogens is 4. The van der Waals surface area contributed by atoms with E-state index in [1.807, 2.05) is 32.4 Å². The van der Waals surface area contributed by atoms with Crippen LogP contribution in [0.3, 0.4) is 0 Å². The summed E-state index contributed by atoms with van der Waals surface area (Å²) in [6, 6.07) is 2.90. The standard InChI is InChI=1S/C20H25FN6O3S/c1-12(2)16-8-15(21)9-17(14-10-22-26(5)11-14)19(16)23-20(28)25-31(29,30)18-6-7-27(24-18)13(3)4/h6-13H,1-5H3,(H2,23,25,28). The summed E-state index contributed by atoms with van der Waals surface area (Å²) in [4.78, 5) is 12.6. The van der Waals surface area contributed by atoms with E-state index in [1.165, 1.54) is 35.3 Å². The highest BCUT2D eigenvalue weighted by Crippen LogP contribution is 2.35. The van der Waals surface area contributed by atoms with Crippen LogP contribution in [-0.4, -0.2) is 34.0 Å². The van der Waals surface area contributed by atoms with Gasteiger partial charge in [0.1, 0.15) is 5.82 Å². The fraction of sp³-hybridized carbons (Fsp3) is 0.350. The second kappa shape index (κ2) is 8.50. The van der Waals surface area contributed by atoms with Crippen molar-refractivity contribution >= 4 is 21.7 Å². The molecule has 0 aliphatic rings. The van der Waals surface area contributed by atoms with Crippen molar-refractivity contribution in [2.45, 2.75) is 44.7 Å². The van der Waals surface area contributed by atoms with Gasteiger partial charge in [0, 0.05) is 36.6 Å². The van der Waals surface area contributed by atoms with Crippen molar-refractivity contribution in [2.24, 2.45) is 7.05 Å². The number of hydrogen-bond donors (Lipinski definition) is 2. The van der Waals surface area contributed by atoms with Gasteiger partial charge in [-0.05, 0) is 43.5 Å². The Bertz CT molecular complexity index is 1210. The largest absolute Gasteiger partial charge is 0.333 e. The number of sulfonamides is 1. The lowest BCUT2D eigenvalue weighted by atomic mass is 9.95. The Kier molecular flexibility index (Phi) is 6.16. The highest BCUT2D eigenvalue weighted by molar-refractivity contribution is 7.90. The predicted molar refractivity (Wildman–Crippen MR) is 115 cm³/mol. The second-order valence-electron chi connectivity index (χ2n) is 7.76. The lowest BCUT2D eigenvalue weighted by molar-refractivity contribution is 0.256. The van der Waals surface area contributed by atoms with E-state index in [0.29, 0.717) is 22.4 Å². The zero-order chi connectivity index (χ0) is 22.9. The molecule has 0 unspecified atom stereocenters. The third-order valence-corrected chi connectivity index (χ3v) is 5.85. The van der Waals surface area contributed by atoms with Crippen molar-refractivity contribution < 1.29 is 17.6 Å². The molecule has 3 rings (SSSR count). The Morgan fingerprint density at radius 2 is 1.90 bits per heavy atom. The highest BCUT2D eigenvalue weighted by Gasteiger charge is 2.24. The molecule has 0 radical (unpaired) electrons. The topological polar surface area (TPSA) is 111 Å². The zero-order valence-corrected chi connectivity index (χ0v) is 18.7. The molecule has 0 saturated carbocycles. The van der Waals surface area contributed by atoms with Crippen LogP contribution in [-0.2, 0) is 17.1 Å². The molecular weight excluding hydrogens is 423 g/mol. The van der Waals surface area contributed by atoms with Gasteiger partial charge < -0.3 is 5.32 Å². The molecule has 2 heterocycles. The normalized spacial score (nSPS) is 11.9. The summed E-state index contributed by atoms with van der Waals surface area (Å²) in [7, 11) is -2.47. The van der Waals surface area contributed by atoms with Crippen molar-refractivity contribution in [3.05, 3.63) is 48.2 Å². The number of rotatable bonds is 6. The minimum absolute atomic E-state index is 0.0346. The van der Waals surface area contributed by atoms with Gasteiger partial charge in [0.25, 0.3) is 10.0 Å². The second-order valence-corrected chi connectivity index (χ2v) is 9.39. The maximum atomic E-state index is 14.3. The van der Waals surface area contributed by atoms with E-state index in [0.717, 1.165) is 0 Å². The molecule has 0 aliphatic heterocycles. The van der Waals surface area contributed by atoms with Crippen molar-refractivity contribution in [1.82, 2.24) is 24.3 Å². The minimum Gasteiger partial charge on any atom is -0.306 e. The first-order valence-corrected chi connectivity index (χ1v) is 11.2. The van der Waals surface area contributed by atoms with Crippen LogP contribution in [0.5, 0.6) is 0 Å². The summed E-state index contributed by atoms with van der Waals surface area (Å²) >= 11 is 0. The van der Waals surface area contributed by atoms with Crippen molar-refractivity contribution in [3.8, 4) is 11.1 Å². The number of aryl methyl sites for hydroxylation is 1. The highest BCUT2D eigenvalue weighted by atomic mass is 32.2. The Balaban J connectivity index is 1.94. The van der Waals surface area contributed by atoms with Gasteiger partial charge in [-0.15, -0.1) is 0 Å². The van der Waals surface area contributed by atoms with E-state index in [1.54, 1.807) is 17.9 Å². The molecule has 0 saturated heterocycles. The fourth-order valence-electron chi connectivity index (χ4n) is 3.08. The van der Waals surface area contributed by atoms with Crippen LogP contribution < -0.4 is 10.0 Å². The molecule has 2 aromatic heterocycles. The fourth-order valence-corrected chi connectivity index (χ4v) is 3.92. The van der Waals surface area contributed by atoms with Crippen molar-refractivity contribution in [3.63, 3.8) is 0 Å². The molecule has 1 aromatic carbocycles. The molecule has 0 fully saturated rings. The van der Waals surface area contributed by atoms with Gasteiger partial charge in [-0.2, -0.15) is 18.6 Å². The van der Waals surface area contributed by atoms with Crippen LogP contribution in [0.25, 0.3) is 11.1 Å². The lowest BCUT2D eigenvalue weighted by Gasteiger charge is -2.18. The number of anilines is 1. The van der Waals surface area contributed by atoms with Crippen molar-refractivity contribution in [1.29, 1.82) is 0 Å². The third-order valence-electron chi connectivity index (χ3n) is 4.63. The Labute approximate surface area is 180 Å². The summed E-state index contributed by atoms with van der Waals surface area (Å²) in [6.45, 7) is 7.40. The predicted octanol–water partition coefficient (Wildman–Crippen LogP) is 3.64. The summed E-state index contributed by atoms with van der Waals surface area (Å²) in [5.41, 5.74) is 1.81. The quantitative estimate of drug-likeness (QED) is 0.598. The maximum Gasteiger partial charge on any atom is 0.333 e. The number of hydrogen-bond acceptors (Lipinski definition) is 5. The number of nitrogens with zero attached hydrogens (tertiary/aromatic N) is 4. The first-order chi connectivity index (χ1) is 14.5. The number of nitrogens with one attached hydrogen (secondary N) is 2. The van der Waals surface area contributed by atoms with Crippen LogP contribution in [0.1, 0.15) is 45.2 Å². The molecule has 9 nitrogen and oxygen atoms in total. The molecule has 166 valence electrons. The van der Waals surface area contributed by atoms with E-state index < -0.39 is 21.9 Å². The zero-order valence-electron chi connectivity index (χ0n) is 17.9. The van der Waals surface area contributed by atoms with Gasteiger partial charge in [0.2, 0.25) is 0 Å². The first-order valence-electron chi connectivity index (χ1n) is 9.69. The van der Waals surface area contributed by atoms with Gasteiger partial charge in [-0.25, -0.2) is 13.9 Å². The molecular formula is C20H25FN6O3S.